The second-order valence-electron chi connectivity index (χ2n) is 9.02. The Morgan fingerprint density at radius 1 is 1.15 bits per heavy atom. The molecule has 0 aliphatic carbocycles. The van der Waals surface area contributed by atoms with E-state index in [4.69, 9.17) is 19.7 Å². The molecule has 2 unspecified atom stereocenters. The summed E-state index contributed by atoms with van der Waals surface area (Å²) in [6.45, 7) is 5.29. The third-order valence-electron chi connectivity index (χ3n) is 5.28. The number of nitrogens with two attached hydrogens (primary N) is 1. The van der Waals surface area contributed by atoms with Crippen molar-refractivity contribution >= 4 is 30.4 Å². The maximum atomic E-state index is 13.9. The minimum Gasteiger partial charge on any atom is -0.431 e. The Hall–Kier alpha value is -3.26. The average molecular weight is 574 g/mol. The third-order valence-corrected chi connectivity index (χ3v) is 6.98. The van der Waals surface area contributed by atoms with Crippen molar-refractivity contribution in [3.05, 3.63) is 42.5 Å². The van der Waals surface area contributed by atoms with Gasteiger partial charge in [0.05, 0.1) is 31.1 Å². The lowest BCUT2D eigenvalue weighted by Gasteiger charge is -2.27. The van der Waals surface area contributed by atoms with Crippen LogP contribution in [0.5, 0.6) is 5.75 Å². The van der Waals surface area contributed by atoms with Crippen LogP contribution in [0.1, 0.15) is 26.3 Å². The van der Waals surface area contributed by atoms with Crippen molar-refractivity contribution in [3.8, 4) is 5.75 Å². The first kappa shape index (κ1) is 30.3. The summed E-state index contributed by atoms with van der Waals surface area (Å²) in [5.41, 5.74) is 5.82. The minimum atomic E-state index is -4.55. The standard InChI is InChI=1S/C23H31F3N7O5P/c1-14(2)31-22(34)18(10-36-4)32-39(35,38-17-7-5-16(6-8-17)23(24,25)26)13-37-15(3)9-33-12-30-19-20(27)28-11-29-21(19)33/h5-8,11-12,14-15,18H,9-10,13H2,1-4H3,(H,31,34)(H,32,35)(H2,27,28,29)/t15-,18?,39?/m1/s1. The van der Waals surface area contributed by atoms with Crippen LogP contribution in [0.3, 0.4) is 0 Å². The Labute approximate surface area is 222 Å². The first-order chi connectivity index (χ1) is 18.3. The molecule has 0 spiro atoms. The molecule has 16 heteroatoms. The summed E-state index contributed by atoms with van der Waals surface area (Å²) < 4.78 is 71.1. The van der Waals surface area contributed by atoms with Gasteiger partial charge in [0.2, 0.25) is 5.91 Å². The number of rotatable bonds is 13. The van der Waals surface area contributed by atoms with Gasteiger partial charge < -0.3 is 29.6 Å². The summed E-state index contributed by atoms with van der Waals surface area (Å²) in [5, 5.41) is 5.37. The topological polar surface area (TPSA) is 156 Å². The fourth-order valence-corrected chi connectivity index (χ4v) is 5.27. The normalized spacial score (nSPS) is 15.2. The van der Waals surface area contributed by atoms with Crippen LogP contribution in [-0.4, -0.2) is 63.7 Å². The van der Waals surface area contributed by atoms with E-state index in [1.807, 2.05) is 0 Å². The molecule has 0 aliphatic heterocycles. The second kappa shape index (κ2) is 12.7. The molecule has 0 radical (unpaired) electrons. The van der Waals surface area contributed by atoms with E-state index in [1.165, 1.54) is 19.8 Å². The molecule has 214 valence electrons. The predicted octanol–water partition coefficient (Wildman–Crippen LogP) is 3.19. The van der Waals surface area contributed by atoms with Crippen LogP contribution >= 0.6 is 7.52 Å². The molecule has 0 bridgehead atoms. The van der Waals surface area contributed by atoms with Crippen molar-refractivity contribution in [2.24, 2.45) is 0 Å². The minimum absolute atomic E-state index is 0.108. The van der Waals surface area contributed by atoms with Gasteiger partial charge in [0.1, 0.15) is 30.0 Å². The van der Waals surface area contributed by atoms with Crippen LogP contribution in [0.15, 0.2) is 36.9 Å². The number of methoxy groups -OCH3 is 1. The number of amides is 1. The molecular formula is C23H31F3N7O5P. The first-order valence-electron chi connectivity index (χ1n) is 11.9. The van der Waals surface area contributed by atoms with Crippen molar-refractivity contribution in [2.75, 3.05) is 25.8 Å². The van der Waals surface area contributed by atoms with Crippen molar-refractivity contribution in [3.63, 3.8) is 0 Å². The van der Waals surface area contributed by atoms with Crippen molar-refractivity contribution in [1.82, 2.24) is 29.9 Å². The van der Waals surface area contributed by atoms with Gasteiger partial charge in [-0.2, -0.15) is 13.2 Å². The van der Waals surface area contributed by atoms with Gasteiger partial charge in [-0.15, -0.1) is 0 Å². The molecule has 39 heavy (non-hydrogen) atoms. The number of ether oxygens (including phenoxy) is 2. The Kier molecular flexibility index (Phi) is 9.88. The number of anilines is 1. The molecule has 0 aliphatic rings. The van der Waals surface area contributed by atoms with Gasteiger partial charge in [-0.3, -0.25) is 9.36 Å². The van der Waals surface area contributed by atoms with Gasteiger partial charge >= 0.3 is 13.7 Å². The van der Waals surface area contributed by atoms with Crippen molar-refractivity contribution < 1.29 is 36.5 Å². The maximum absolute atomic E-state index is 13.9. The van der Waals surface area contributed by atoms with E-state index in [0.717, 1.165) is 24.3 Å². The number of carbonyl (C=O) groups excluding carboxylic acids is 1. The zero-order valence-electron chi connectivity index (χ0n) is 21.8. The maximum Gasteiger partial charge on any atom is 0.416 e. The molecule has 3 atom stereocenters. The number of carbonyl (C=O) groups is 1. The zero-order valence-corrected chi connectivity index (χ0v) is 22.7. The molecular weight excluding hydrogens is 542 g/mol. The van der Waals surface area contributed by atoms with Gasteiger partial charge in [0.15, 0.2) is 11.5 Å². The first-order valence-corrected chi connectivity index (χ1v) is 13.7. The van der Waals surface area contributed by atoms with Crippen LogP contribution in [0.25, 0.3) is 11.2 Å². The van der Waals surface area contributed by atoms with Crippen LogP contribution < -0.4 is 20.7 Å². The Bertz CT molecular complexity index is 1300. The van der Waals surface area contributed by atoms with Crippen LogP contribution in [0.2, 0.25) is 0 Å². The van der Waals surface area contributed by atoms with E-state index in [9.17, 15) is 22.5 Å². The van der Waals surface area contributed by atoms with Gasteiger partial charge in [-0.25, -0.2) is 20.0 Å². The van der Waals surface area contributed by atoms with Gasteiger partial charge in [-0.1, -0.05) is 0 Å². The van der Waals surface area contributed by atoms with Gasteiger partial charge in [-0.05, 0) is 45.0 Å². The lowest BCUT2D eigenvalue weighted by molar-refractivity contribution is -0.137. The summed E-state index contributed by atoms with van der Waals surface area (Å²) in [7, 11) is -2.68. The van der Waals surface area contributed by atoms with E-state index in [1.54, 1.807) is 25.3 Å². The number of nitrogens with zero attached hydrogens (tertiary/aromatic N) is 4. The number of aromatic nitrogens is 4. The highest BCUT2D eigenvalue weighted by atomic mass is 31.2. The van der Waals surface area contributed by atoms with E-state index in [2.05, 4.69) is 25.4 Å². The number of hydrogen-bond donors (Lipinski definition) is 3. The summed E-state index contributed by atoms with van der Waals surface area (Å²) in [4.78, 5) is 25.0. The molecule has 0 saturated heterocycles. The molecule has 4 N–H and O–H groups in total. The number of nitrogen functional groups attached to an aromatic ring is 1. The molecule has 1 aromatic carbocycles. The Balaban J connectivity index is 1.80. The molecule has 12 nitrogen and oxygen atoms in total. The van der Waals surface area contributed by atoms with E-state index < -0.39 is 43.7 Å². The highest BCUT2D eigenvalue weighted by molar-refractivity contribution is 7.57. The third kappa shape index (κ3) is 8.36. The summed E-state index contributed by atoms with van der Waals surface area (Å²) in [6, 6.07) is 2.38. The molecule has 0 fully saturated rings. The van der Waals surface area contributed by atoms with E-state index in [0.29, 0.717) is 11.2 Å². The Morgan fingerprint density at radius 2 is 1.85 bits per heavy atom. The smallest absolute Gasteiger partial charge is 0.416 e. The quantitative estimate of drug-likeness (QED) is 0.260. The molecule has 1 amide bonds. The molecule has 2 heterocycles. The number of nitrogens with one attached hydrogen (secondary N) is 2. The summed E-state index contributed by atoms with van der Waals surface area (Å²) in [6.07, 6.45) is -2.82. The Morgan fingerprint density at radius 3 is 2.46 bits per heavy atom. The van der Waals surface area contributed by atoms with E-state index in [-0.39, 0.29) is 30.8 Å². The summed E-state index contributed by atoms with van der Waals surface area (Å²) in [5.74, 6) is -0.392. The van der Waals surface area contributed by atoms with Crippen LogP contribution in [0, 0.1) is 0 Å². The predicted molar refractivity (Wildman–Crippen MR) is 137 cm³/mol. The highest BCUT2D eigenvalue weighted by Gasteiger charge is 2.34. The number of benzene rings is 1. The van der Waals surface area contributed by atoms with Gasteiger partial charge in [0, 0.05) is 13.2 Å². The second-order valence-corrected chi connectivity index (χ2v) is 11.1. The number of fused-ring (bicyclic) bond motifs is 1. The largest absolute Gasteiger partial charge is 0.431 e. The molecule has 3 rings (SSSR count). The van der Waals surface area contributed by atoms with Crippen LogP contribution in [-0.2, 0) is 31.6 Å². The average Bonchev–Trinajstić information content (AvgIpc) is 3.26. The number of halogens is 3. The number of hydrogen-bond acceptors (Lipinski definition) is 9. The summed E-state index contributed by atoms with van der Waals surface area (Å²) >= 11 is 0. The van der Waals surface area contributed by atoms with E-state index >= 15 is 0 Å². The van der Waals surface area contributed by atoms with Crippen molar-refractivity contribution in [2.45, 2.75) is 51.7 Å². The lowest BCUT2D eigenvalue weighted by Crippen LogP contribution is -2.48. The highest BCUT2D eigenvalue weighted by Crippen LogP contribution is 2.44. The fraction of sp³-hybridized carbons (Fsp3) is 0.478. The molecule has 0 saturated carbocycles. The van der Waals surface area contributed by atoms with Crippen LogP contribution in [0.4, 0.5) is 19.0 Å². The molecule has 2 aromatic heterocycles. The molecule has 3 aromatic rings. The lowest BCUT2D eigenvalue weighted by atomic mass is 10.2. The monoisotopic (exact) mass is 573 g/mol. The zero-order chi connectivity index (χ0) is 28.8. The van der Waals surface area contributed by atoms with Gasteiger partial charge in [0.25, 0.3) is 0 Å². The number of imidazole rings is 1. The fourth-order valence-electron chi connectivity index (χ4n) is 3.51. The number of alkyl halides is 3. The SMILES string of the molecule is COCC(NP(=O)(CO[C@H](C)Cn1cnc2c(N)ncnc21)Oc1ccc(C(F)(F)F)cc1)C(=O)NC(C)C. The van der Waals surface area contributed by atoms with Crippen molar-refractivity contribution in [1.29, 1.82) is 0 Å².